The Balaban J connectivity index is 1.57. The molecular weight excluding hydrogens is 379 g/mol. The number of nitrogens with one attached hydrogen (secondary N) is 1. The van der Waals surface area contributed by atoms with E-state index in [0.717, 1.165) is 42.8 Å². The van der Waals surface area contributed by atoms with Gasteiger partial charge in [0.2, 0.25) is 15.2 Å². The van der Waals surface area contributed by atoms with Crippen molar-refractivity contribution in [2.24, 2.45) is 0 Å². The van der Waals surface area contributed by atoms with Crippen molar-refractivity contribution in [3.63, 3.8) is 0 Å². The molecule has 0 spiro atoms. The summed E-state index contributed by atoms with van der Waals surface area (Å²) in [5.74, 6) is -0.970. The van der Waals surface area contributed by atoms with Gasteiger partial charge in [0, 0.05) is 24.6 Å². The minimum atomic E-state index is -3.94. The number of rotatable bonds is 5. The Labute approximate surface area is 154 Å². The predicted octanol–water partition coefficient (Wildman–Crippen LogP) is 2.59. The molecule has 1 aliphatic heterocycles. The predicted molar refractivity (Wildman–Crippen MR) is 94.2 cm³/mol. The quantitative estimate of drug-likeness (QED) is 0.839. The number of carbonyl (C=O) groups excluding carboxylic acids is 1. The van der Waals surface area contributed by atoms with Crippen molar-refractivity contribution in [1.29, 1.82) is 0 Å². The fourth-order valence-electron chi connectivity index (χ4n) is 2.86. The van der Waals surface area contributed by atoms with Crippen LogP contribution in [-0.2, 0) is 10.0 Å². The molecule has 0 unspecified atom stereocenters. The third kappa shape index (κ3) is 3.36. The molecule has 2 aliphatic rings. The van der Waals surface area contributed by atoms with Crippen molar-refractivity contribution in [2.75, 3.05) is 18.4 Å². The highest BCUT2D eigenvalue weighted by Gasteiger charge is 2.31. The highest BCUT2D eigenvalue weighted by atomic mass is 32.2. The van der Waals surface area contributed by atoms with Crippen LogP contribution in [0.15, 0.2) is 23.1 Å². The van der Waals surface area contributed by atoms with Crippen molar-refractivity contribution in [3.8, 4) is 0 Å². The maximum atomic E-state index is 14.2. The van der Waals surface area contributed by atoms with Gasteiger partial charge in [0.05, 0.1) is 0 Å². The molecule has 2 heterocycles. The van der Waals surface area contributed by atoms with Crippen LogP contribution in [0.4, 0.5) is 9.52 Å². The number of hydrogen-bond acceptors (Lipinski definition) is 6. The lowest BCUT2D eigenvalue weighted by Crippen LogP contribution is -2.29. The average Bonchev–Trinajstić information content (AvgIpc) is 3.10. The number of anilines is 1. The van der Waals surface area contributed by atoms with Crippen LogP contribution in [-0.4, -0.2) is 41.9 Å². The fraction of sp³-hybridized carbons (Fsp3) is 0.438. The highest BCUT2D eigenvalue weighted by molar-refractivity contribution is 7.89. The van der Waals surface area contributed by atoms with Crippen LogP contribution in [0.5, 0.6) is 0 Å². The lowest BCUT2D eigenvalue weighted by Gasteiger charge is -2.16. The van der Waals surface area contributed by atoms with E-state index in [9.17, 15) is 17.6 Å². The van der Waals surface area contributed by atoms with E-state index in [-0.39, 0.29) is 5.56 Å². The molecule has 0 bridgehead atoms. The molecule has 0 radical (unpaired) electrons. The summed E-state index contributed by atoms with van der Waals surface area (Å²) in [7, 11) is -3.94. The zero-order chi connectivity index (χ0) is 18.3. The maximum absolute atomic E-state index is 14.2. The first kappa shape index (κ1) is 17.5. The minimum absolute atomic E-state index is 0.0624. The minimum Gasteiger partial charge on any atom is -0.296 e. The molecule has 2 aromatic rings. The lowest BCUT2D eigenvalue weighted by molar-refractivity contribution is 0.102. The number of aromatic nitrogens is 2. The summed E-state index contributed by atoms with van der Waals surface area (Å²) in [4.78, 5) is 11.9. The summed E-state index contributed by atoms with van der Waals surface area (Å²) in [5, 5.41) is 11.8. The number of nitrogens with zero attached hydrogens (tertiary/aromatic N) is 3. The van der Waals surface area contributed by atoms with E-state index in [1.54, 1.807) is 0 Å². The topological polar surface area (TPSA) is 92.3 Å². The van der Waals surface area contributed by atoms with Crippen LogP contribution in [0, 0.1) is 5.82 Å². The van der Waals surface area contributed by atoms with Gasteiger partial charge >= 0.3 is 0 Å². The molecule has 7 nitrogen and oxygen atoms in total. The number of carbonyl (C=O) groups is 1. The molecule has 138 valence electrons. The molecule has 0 atom stereocenters. The van der Waals surface area contributed by atoms with Gasteiger partial charge in [-0.3, -0.25) is 10.1 Å². The van der Waals surface area contributed by atoms with Gasteiger partial charge in [0.25, 0.3) is 5.91 Å². The summed E-state index contributed by atoms with van der Waals surface area (Å²) in [6.07, 6.45) is 3.67. The first-order valence-corrected chi connectivity index (χ1v) is 10.7. The van der Waals surface area contributed by atoms with Gasteiger partial charge in [-0.15, -0.1) is 10.2 Å². The molecule has 1 N–H and O–H groups in total. The molecular formula is C16H17FN4O3S2. The van der Waals surface area contributed by atoms with Gasteiger partial charge in [-0.1, -0.05) is 11.3 Å². The van der Waals surface area contributed by atoms with E-state index < -0.39 is 26.6 Å². The monoisotopic (exact) mass is 396 g/mol. The smallest absolute Gasteiger partial charge is 0.257 e. The van der Waals surface area contributed by atoms with Gasteiger partial charge < -0.3 is 0 Å². The Morgan fingerprint density at radius 1 is 1.23 bits per heavy atom. The third-order valence-electron chi connectivity index (χ3n) is 4.46. The second kappa shape index (κ2) is 6.67. The summed E-state index contributed by atoms with van der Waals surface area (Å²) in [5.41, 5.74) is 0.0624. The summed E-state index contributed by atoms with van der Waals surface area (Å²) >= 11 is 1.31. The van der Waals surface area contributed by atoms with Gasteiger partial charge in [0.15, 0.2) is 0 Å². The van der Waals surface area contributed by atoms with E-state index in [0.29, 0.717) is 24.1 Å². The third-order valence-corrected chi connectivity index (χ3v) is 7.38. The number of hydrogen-bond donors (Lipinski definition) is 1. The van der Waals surface area contributed by atoms with E-state index in [4.69, 9.17) is 0 Å². The van der Waals surface area contributed by atoms with E-state index in [1.807, 2.05) is 0 Å². The number of amides is 1. The maximum Gasteiger partial charge on any atom is 0.257 e. The standard InChI is InChI=1S/C16H17FN4O3S2/c17-12-6-5-11(9-13(12)26(23,24)21-7-1-2-8-21)14(22)18-16-20-19-15(25-16)10-3-4-10/h5-6,9-10H,1-4,7-8H2,(H,18,20,22). The second-order valence-corrected chi connectivity index (χ2v) is 9.35. The number of benzene rings is 1. The number of halogens is 1. The van der Waals surface area contributed by atoms with Gasteiger partial charge in [0.1, 0.15) is 15.7 Å². The molecule has 1 aromatic carbocycles. The average molecular weight is 396 g/mol. The SMILES string of the molecule is O=C(Nc1nnc(C2CC2)s1)c1ccc(F)c(S(=O)(=O)N2CCCC2)c1. The molecule has 1 saturated heterocycles. The largest absolute Gasteiger partial charge is 0.296 e. The summed E-state index contributed by atoms with van der Waals surface area (Å²) in [6.45, 7) is 0.736. The van der Waals surface area contributed by atoms with Crippen LogP contribution in [0.25, 0.3) is 0 Å². The van der Waals surface area contributed by atoms with Crippen molar-refractivity contribution in [3.05, 3.63) is 34.6 Å². The van der Waals surface area contributed by atoms with Crippen LogP contribution in [0.1, 0.15) is 47.0 Å². The summed E-state index contributed by atoms with van der Waals surface area (Å²) < 4.78 is 40.6. The normalized spacial score (nSPS) is 18.2. The first-order valence-electron chi connectivity index (χ1n) is 8.39. The van der Waals surface area contributed by atoms with Gasteiger partial charge in [-0.05, 0) is 43.9 Å². The second-order valence-electron chi connectivity index (χ2n) is 6.43. The molecule has 2 fully saturated rings. The molecule has 1 saturated carbocycles. The van der Waals surface area contributed by atoms with Crippen LogP contribution in [0.2, 0.25) is 0 Å². The first-order chi connectivity index (χ1) is 12.4. The Morgan fingerprint density at radius 2 is 1.96 bits per heavy atom. The van der Waals surface area contributed by atoms with E-state index in [1.165, 1.54) is 21.7 Å². The van der Waals surface area contributed by atoms with Crippen LogP contribution < -0.4 is 5.32 Å². The Bertz CT molecular complexity index is 950. The van der Waals surface area contributed by atoms with Gasteiger partial charge in [-0.25, -0.2) is 12.8 Å². The summed E-state index contributed by atoms with van der Waals surface area (Å²) in [6, 6.07) is 3.35. The van der Waals surface area contributed by atoms with Crippen molar-refractivity contribution in [1.82, 2.24) is 14.5 Å². The molecule has 4 rings (SSSR count). The molecule has 10 heteroatoms. The Kier molecular flexibility index (Phi) is 4.49. The van der Waals surface area contributed by atoms with E-state index >= 15 is 0 Å². The van der Waals surface area contributed by atoms with Crippen molar-refractivity contribution < 1.29 is 17.6 Å². The molecule has 1 aliphatic carbocycles. The van der Waals surface area contributed by atoms with E-state index in [2.05, 4.69) is 15.5 Å². The Morgan fingerprint density at radius 3 is 2.65 bits per heavy atom. The Hall–Kier alpha value is -1.91. The highest BCUT2D eigenvalue weighted by Crippen LogP contribution is 2.42. The fourth-order valence-corrected chi connectivity index (χ4v) is 5.37. The van der Waals surface area contributed by atoms with Gasteiger partial charge in [-0.2, -0.15) is 4.31 Å². The van der Waals surface area contributed by atoms with Crippen molar-refractivity contribution >= 4 is 32.4 Å². The molecule has 26 heavy (non-hydrogen) atoms. The number of sulfonamides is 1. The zero-order valence-electron chi connectivity index (χ0n) is 13.8. The van der Waals surface area contributed by atoms with Crippen LogP contribution >= 0.6 is 11.3 Å². The van der Waals surface area contributed by atoms with Crippen molar-refractivity contribution in [2.45, 2.75) is 36.5 Å². The molecule has 1 aromatic heterocycles. The van der Waals surface area contributed by atoms with Crippen LogP contribution in [0.3, 0.4) is 0 Å². The lowest BCUT2D eigenvalue weighted by atomic mass is 10.2. The molecule has 1 amide bonds. The zero-order valence-corrected chi connectivity index (χ0v) is 15.4.